The molecular weight excluding hydrogens is 328 g/mol. The number of rotatable bonds is 4. The second kappa shape index (κ2) is 6.29. The maximum atomic E-state index is 5.71. The van der Waals surface area contributed by atoms with Crippen molar-refractivity contribution in [1.29, 1.82) is 0 Å². The number of pyridine rings is 2. The Morgan fingerprint density at radius 1 is 1.08 bits per heavy atom. The van der Waals surface area contributed by atoms with Crippen molar-refractivity contribution in [2.45, 2.75) is 26.3 Å². The van der Waals surface area contributed by atoms with Gasteiger partial charge < -0.3 is 14.5 Å². The third-order valence-electron chi connectivity index (χ3n) is 3.97. The minimum absolute atomic E-state index is 0.191. The molecule has 6 nitrogen and oxygen atoms in total. The van der Waals surface area contributed by atoms with Crippen molar-refractivity contribution >= 4 is 17.5 Å². The first kappa shape index (κ1) is 16.3. The summed E-state index contributed by atoms with van der Waals surface area (Å²) < 4.78 is 11.3. The average Bonchev–Trinajstić information content (AvgIpc) is 3.21. The molecule has 0 aromatic carbocycles. The van der Waals surface area contributed by atoms with Crippen LogP contribution in [0.4, 0.5) is 11.6 Å². The van der Waals surface area contributed by atoms with Crippen LogP contribution in [0.3, 0.4) is 0 Å². The van der Waals surface area contributed by atoms with Gasteiger partial charge in [0.15, 0.2) is 5.76 Å². The first-order chi connectivity index (χ1) is 12.5. The zero-order valence-electron chi connectivity index (χ0n) is 15.0. The van der Waals surface area contributed by atoms with E-state index in [1.54, 1.807) is 6.20 Å². The summed E-state index contributed by atoms with van der Waals surface area (Å²) in [6.45, 7) is 6.59. The van der Waals surface area contributed by atoms with Crippen LogP contribution in [0.15, 0.2) is 58.1 Å². The quantitative estimate of drug-likeness (QED) is 0.759. The molecule has 0 saturated carbocycles. The highest BCUT2D eigenvalue weighted by Crippen LogP contribution is 2.24. The fourth-order valence-corrected chi connectivity index (χ4v) is 2.71. The van der Waals surface area contributed by atoms with Crippen molar-refractivity contribution in [3.8, 4) is 11.5 Å². The van der Waals surface area contributed by atoms with E-state index in [-0.39, 0.29) is 5.54 Å². The molecule has 1 aliphatic heterocycles. The predicted octanol–water partition coefficient (Wildman–Crippen LogP) is 4.34. The summed E-state index contributed by atoms with van der Waals surface area (Å²) in [5.74, 6) is 3.61. The highest BCUT2D eigenvalue weighted by molar-refractivity contribution is 5.96. The molecule has 6 heteroatoms. The molecule has 0 saturated heterocycles. The van der Waals surface area contributed by atoms with Gasteiger partial charge in [0.25, 0.3) is 0 Å². The molecule has 0 amide bonds. The van der Waals surface area contributed by atoms with Crippen LogP contribution in [0, 0.1) is 6.92 Å². The monoisotopic (exact) mass is 348 g/mol. The average molecular weight is 348 g/mol. The standard InChI is InChI=1S/C20H20N4O2/c1-13-7-8-16(26-13)15-5-4-6-17(22-15)23-18-11-14(9-10-21-18)19-24-20(2,3)12-25-19/h4-11H,12H2,1-3H3,(H,21,22,23). The molecule has 4 rings (SSSR count). The normalized spacial score (nSPS) is 15.4. The molecule has 3 aromatic heterocycles. The molecule has 0 atom stereocenters. The minimum Gasteiger partial charge on any atom is -0.475 e. The third kappa shape index (κ3) is 3.44. The highest BCUT2D eigenvalue weighted by Gasteiger charge is 2.27. The van der Waals surface area contributed by atoms with Crippen LogP contribution in [0.1, 0.15) is 25.2 Å². The van der Waals surface area contributed by atoms with Gasteiger partial charge in [0.2, 0.25) is 5.90 Å². The van der Waals surface area contributed by atoms with Gasteiger partial charge in [-0.15, -0.1) is 0 Å². The number of furan rings is 1. The van der Waals surface area contributed by atoms with Gasteiger partial charge in [-0.05, 0) is 57.2 Å². The van der Waals surface area contributed by atoms with Gasteiger partial charge in [-0.3, -0.25) is 0 Å². The van der Waals surface area contributed by atoms with Crippen molar-refractivity contribution < 1.29 is 9.15 Å². The van der Waals surface area contributed by atoms with Gasteiger partial charge in [0.1, 0.15) is 29.7 Å². The molecule has 0 aliphatic carbocycles. The number of aryl methyl sites for hydroxylation is 1. The second-order valence-corrected chi connectivity index (χ2v) is 6.89. The number of aliphatic imine (C=N–C) groups is 1. The molecule has 132 valence electrons. The third-order valence-corrected chi connectivity index (χ3v) is 3.97. The largest absolute Gasteiger partial charge is 0.475 e. The fraction of sp³-hybridized carbons (Fsp3) is 0.250. The number of nitrogens with one attached hydrogen (secondary N) is 1. The Hall–Kier alpha value is -3.15. The number of hydrogen-bond acceptors (Lipinski definition) is 6. The maximum Gasteiger partial charge on any atom is 0.217 e. The molecule has 0 radical (unpaired) electrons. The lowest BCUT2D eigenvalue weighted by atomic mass is 10.1. The minimum atomic E-state index is -0.191. The maximum absolute atomic E-state index is 5.71. The van der Waals surface area contributed by atoms with Crippen molar-refractivity contribution in [2.24, 2.45) is 4.99 Å². The Kier molecular flexibility index (Phi) is 3.95. The van der Waals surface area contributed by atoms with E-state index in [0.29, 0.717) is 24.1 Å². The number of anilines is 2. The Balaban J connectivity index is 1.58. The van der Waals surface area contributed by atoms with Gasteiger partial charge in [-0.2, -0.15) is 0 Å². The van der Waals surface area contributed by atoms with Crippen LogP contribution >= 0.6 is 0 Å². The van der Waals surface area contributed by atoms with Gasteiger partial charge in [0.05, 0.1) is 5.54 Å². The highest BCUT2D eigenvalue weighted by atomic mass is 16.5. The zero-order valence-corrected chi connectivity index (χ0v) is 15.0. The summed E-state index contributed by atoms with van der Waals surface area (Å²) in [5, 5.41) is 3.23. The van der Waals surface area contributed by atoms with Crippen LogP contribution in [-0.2, 0) is 4.74 Å². The van der Waals surface area contributed by atoms with Gasteiger partial charge in [-0.1, -0.05) is 6.07 Å². The first-order valence-corrected chi connectivity index (χ1v) is 8.48. The summed E-state index contributed by atoms with van der Waals surface area (Å²) in [5.41, 5.74) is 1.47. The number of nitrogens with zero attached hydrogens (tertiary/aromatic N) is 3. The van der Waals surface area contributed by atoms with Crippen LogP contribution in [0.2, 0.25) is 0 Å². The van der Waals surface area contributed by atoms with E-state index in [1.807, 2.05) is 63.2 Å². The smallest absolute Gasteiger partial charge is 0.217 e. The molecular formula is C20H20N4O2. The van der Waals surface area contributed by atoms with Crippen molar-refractivity contribution in [1.82, 2.24) is 9.97 Å². The van der Waals surface area contributed by atoms with Crippen molar-refractivity contribution in [3.63, 3.8) is 0 Å². The van der Waals surface area contributed by atoms with E-state index in [0.717, 1.165) is 22.8 Å². The SMILES string of the molecule is Cc1ccc(-c2cccc(Nc3cc(C4=NC(C)(C)CO4)ccn3)n2)o1. The molecule has 3 aromatic rings. The van der Waals surface area contributed by atoms with Gasteiger partial charge >= 0.3 is 0 Å². The summed E-state index contributed by atoms with van der Waals surface area (Å²) >= 11 is 0. The molecule has 0 spiro atoms. The van der Waals surface area contributed by atoms with E-state index in [4.69, 9.17) is 9.15 Å². The molecule has 1 aliphatic rings. The van der Waals surface area contributed by atoms with Crippen LogP contribution in [-0.4, -0.2) is 28.0 Å². The molecule has 4 heterocycles. The summed E-state index contributed by atoms with van der Waals surface area (Å²) in [4.78, 5) is 13.6. The van der Waals surface area contributed by atoms with Crippen LogP contribution in [0.5, 0.6) is 0 Å². The molecule has 1 N–H and O–H groups in total. The van der Waals surface area contributed by atoms with Gasteiger partial charge in [-0.25, -0.2) is 15.0 Å². The lowest BCUT2D eigenvalue weighted by Crippen LogP contribution is -2.17. The number of aromatic nitrogens is 2. The Morgan fingerprint density at radius 2 is 1.96 bits per heavy atom. The van der Waals surface area contributed by atoms with E-state index in [1.165, 1.54) is 0 Å². The van der Waals surface area contributed by atoms with E-state index in [2.05, 4.69) is 20.3 Å². The van der Waals surface area contributed by atoms with E-state index < -0.39 is 0 Å². The second-order valence-electron chi connectivity index (χ2n) is 6.89. The number of hydrogen-bond donors (Lipinski definition) is 1. The van der Waals surface area contributed by atoms with Gasteiger partial charge in [0, 0.05) is 11.8 Å². The zero-order chi connectivity index (χ0) is 18.1. The number of ether oxygens (including phenoxy) is 1. The molecule has 0 unspecified atom stereocenters. The Bertz CT molecular complexity index is 975. The van der Waals surface area contributed by atoms with Crippen LogP contribution < -0.4 is 5.32 Å². The van der Waals surface area contributed by atoms with Crippen molar-refractivity contribution in [3.05, 3.63) is 60.0 Å². The molecule has 0 bridgehead atoms. The Labute approximate surface area is 152 Å². The summed E-state index contributed by atoms with van der Waals surface area (Å²) in [7, 11) is 0. The lowest BCUT2D eigenvalue weighted by Gasteiger charge is -2.08. The first-order valence-electron chi connectivity index (χ1n) is 8.48. The van der Waals surface area contributed by atoms with E-state index >= 15 is 0 Å². The summed E-state index contributed by atoms with van der Waals surface area (Å²) in [6, 6.07) is 13.4. The molecule has 0 fully saturated rings. The fourth-order valence-electron chi connectivity index (χ4n) is 2.71. The molecule has 26 heavy (non-hydrogen) atoms. The van der Waals surface area contributed by atoms with Crippen LogP contribution in [0.25, 0.3) is 11.5 Å². The Morgan fingerprint density at radius 3 is 2.69 bits per heavy atom. The van der Waals surface area contributed by atoms with E-state index in [9.17, 15) is 0 Å². The topological polar surface area (TPSA) is 72.5 Å². The lowest BCUT2D eigenvalue weighted by molar-refractivity contribution is 0.279. The van der Waals surface area contributed by atoms with Crippen molar-refractivity contribution in [2.75, 3.05) is 11.9 Å². The predicted molar refractivity (Wildman–Crippen MR) is 101 cm³/mol. The summed E-state index contributed by atoms with van der Waals surface area (Å²) in [6.07, 6.45) is 1.73.